The van der Waals surface area contributed by atoms with Gasteiger partial charge in [0.1, 0.15) is 5.75 Å². The largest absolute Gasteiger partial charge is 0.497 e. The second-order valence-electron chi connectivity index (χ2n) is 6.08. The fourth-order valence-electron chi connectivity index (χ4n) is 3.18. The molecule has 4 aromatic rings. The highest BCUT2D eigenvalue weighted by Gasteiger charge is 2.17. The van der Waals surface area contributed by atoms with Gasteiger partial charge in [-0.05, 0) is 37.6 Å². The molecule has 2 aromatic heterocycles. The third-order valence-corrected chi connectivity index (χ3v) is 4.32. The zero-order valence-corrected chi connectivity index (χ0v) is 14.5. The van der Waals surface area contributed by atoms with Crippen LogP contribution >= 0.6 is 0 Å². The van der Waals surface area contributed by atoms with Crippen molar-refractivity contribution in [1.29, 1.82) is 0 Å². The van der Waals surface area contributed by atoms with E-state index in [0.29, 0.717) is 0 Å². The Labute approximate surface area is 146 Å². The van der Waals surface area contributed by atoms with Crippen LogP contribution in [0, 0.1) is 13.8 Å². The van der Waals surface area contributed by atoms with Crippen molar-refractivity contribution in [2.24, 2.45) is 0 Å². The molecule has 0 fully saturated rings. The molecule has 4 nitrogen and oxygen atoms in total. The lowest BCUT2D eigenvalue weighted by Crippen LogP contribution is -1.98. The molecule has 0 atom stereocenters. The maximum atomic E-state index is 5.37. The van der Waals surface area contributed by atoms with E-state index in [1.54, 1.807) is 7.11 Å². The van der Waals surface area contributed by atoms with Crippen molar-refractivity contribution < 1.29 is 4.74 Å². The van der Waals surface area contributed by atoms with E-state index in [1.165, 1.54) is 0 Å². The van der Waals surface area contributed by atoms with E-state index in [1.807, 2.05) is 54.8 Å². The molecule has 0 amide bonds. The predicted octanol–water partition coefficient (Wildman–Crippen LogP) is 4.69. The molecule has 2 aromatic carbocycles. The number of aromatic nitrogens is 3. The summed E-state index contributed by atoms with van der Waals surface area (Å²) in [6, 6.07) is 20.4. The van der Waals surface area contributed by atoms with Gasteiger partial charge in [0.2, 0.25) is 0 Å². The molecule has 4 heteroatoms. The maximum Gasteiger partial charge on any atom is 0.164 e. The molecule has 0 bridgehead atoms. The molecule has 2 heterocycles. The smallest absolute Gasteiger partial charge is 0.164 e. The van der Waals surface area contributed by atoms with Gasteiger partial charge in [0, 0.05) is 16.8 Å². The van der Waals surface area contributed by atoms with Crippen molar-refractivity contribution in [3.8, 4) is 28.1 Å². The second kappa shape index (κ2) is 6.06. The molecular weight excluding hydrogens is 310 g/mol. The summed E-state index contributed by atoms with van der Waals surface area (Å²) < 4.78 is 7.31. The highest BCUT2D eigenvalue weighted by molar-refractivity contribution is 5.82. The van der Waals surface area contributed by atoms with Crippen LogP contribution in [-0.2, 0) is 0 Å². The Balaban J connectivity index is 2.01. The molecule has 0 spiro atoms. The fraction of sp³-hybridized carbons (Fsp3) is 0.143. The molecule has 0 unspecified atom stereocenters. The van der Waals surface area contributed by atoms with Gasteiger partial charge in [0.05, 0.1) is 18.5 Å². The Hall–Kier alpha value is -3.14. The number of methoxy groups -OCH3 is 1. The van der Waals surface area contributed by atoms with Crippen LogP contribution in [0.5, 0.6) is 5.75 Å². The molecule has 0 N–H and O–H groups in total. The first kappa shape index (κ1) is 15.4. The van der Waals surface area contributed by atoms with Crippen LogP contribution < -0.4 is 4.74 Å². The van der Waals surface area contributed by atoms with Crippen molar-refractivity contribution >= 4 is 5.65 Å². The third-order valence-electron chi connectivity index (χ3n) is 4.32. The predicted molar refractivity (Wildman–Crippen MR) is 99.9 cm³/mol. The van der Waals surface area contributed by atoms with E-state index >= 15 is 0 Å². The van der Waals surface area contributed by atoms with E-state index in [2.05, 4.69) is 24.3 Å². The van der Waals surface area contributed by atoms with Crippen LogP contribution in [0.1, 0.15) is 11.4 Å². The monoisotopic (exact) mass is 329 g/mol. The number of hydrogen-bond acceptors (Lipinski definition) is 3. The summed E-state index contributed by atoms with van der Waals surface area (Å²) in [6.07, 6.45) is 0. The lowest BCUT2D eigenvalue weighted by molar-refractivity contribution is 0.415. The highest BCUT2D eigenvalue weighted by Crippen LogP contribution is 2.32. The molecule has 0 saturated carbocycles. The molecule has 0 saturated heterocycles. The zero-order valence-electron chi connectivity index (χ0n) is 14.5. The van der Waals surface area contributed by atoms with Crippen molar-refractivity contribution in [1.82, 2.24) is 14.6 Å². The molecule has 124 valence electrons. The first-order valence-electron chi connectivity index (χ1n) is 8.24. The number of benzene rings is 2. The minimum absolute atomic E-state index is 0.826. The van der Waals surface area contributed by atoms with Crippen LogP contribution in [0.25, 0.3) is 28.0 Å². The van der Waals surface area contributed by atoms with Crippen LogP contribution in [0.4, 0.5) is 0 Å². The number of aryl methyl sites for hydroxylation is 2. The Morgan fingerprint density at radius 1 is 0.880 bits per heavy atom. The first-order valence-corrected chi connectivity index (χ1v) is 8.24. The summed E-state index contributed by atoms with van der Waals surface area (Å²) in [5, 5.41) is 4.78. The van der Waals surface area contributed by atoms with Gasteiger partial charge in [0.15, 0.2) is 5.65 Å². The Bertz CT molecular complexity index is 1050. The van der Waals surface area contributed by atoms with E-state index in [9.17, 15) is 0 Å². The average Bonchev–Trinajstić information content (AvgIpc) is 2.97. The number of nitrogens with zero attached hydrogens (tertiary/aromatic N) is 3. The highest BCUT2D eigenvalue weighted by atomic mass is 16.5. The SMILES string of the molecule is COc1cccc(-c2c(C)nn3c(-c4ccccc4)cc(C)nc23)c1. The average molecular weight is 329 g/mol. The summed E-state index contributed by atoms with van der Waals surface area (Å²) in [4.78, 5) is 4.77. The molecule has 0 aliphatic heterocycles. The standard InChI is InChI=1S/C21H19N3O/c1-14-12-19(16-8-5-4-6-9-16)24-21(22-14)20(15(2)23-24)17-10-7-11-18(13-17)25-3/h4-13H,1-3H3. The van der Waals surface area contributed by atoms with E-state index in [-0.39, 0.29) is 0 Å². The van der Waals surface area contributed by atoms with E-state index in [0.717, 1.165) is 45.2 Å². The summed E-state index contributed by atoms with van der Waals surface area (Å²) in [6.45, 7) is 4.04. The molecule has 25 heavy (non-hydrogen) atoms. The minimum Gasteiger partial charge on any atom is -0.497 e. The topological polar surface area (TPSA) is 39.4 Å². The lowest BCUT2D eigenvalue weighted by atomic mass is 10.1. The number of fused-ring (bicyclic) bond motifs is 1. The van der Waals surface area contributed by atoms with Gasteiger partial charge in [-0.3, -0.25) is 0 Å². The third kappa shape index (κ3) is 2.66. The Morgan fingerprint density at radius 3 is 2.40 bits per heavy atom. The van der Waals surface area contributed by atoms with Gasteiger partial charge in [-0.15, -0.1) is 0 Å². The Kier molecular flexibility index (Phi) is 3.73. The van der Waals surface area contributed by atoms with Crippen molar-refractivity contribution in [2.75, 3.05) is 7.11 Å². The van der Waals surface area contributed by atoms with Crippen LogP contribution in [0.3, 0.4) is 0 Å². The number of ether oxygens (including phenoxy) is 1. The molecule has 0 aliphatic carbocycles. The normalized spacial score (nSPS) is 11.0. The summed E-state index contributed by atoms with van der Waals surface area (Å²) in [5.74, 6) is 0.826. The van der Waals surface area contributed by atoms with E-state index < -0.39 is 0 Å². The van der Waals surface area contributed by atoms with Crippen LogP contribution in [0.15, 0.2) is 60.7 Å². The maximum absolute atomic E-state index is 5.37. The van der Waals surface area contributed by atoms with Crippen molar-refractivity contribution in [2.45, 2.75) is 13.8 Å². The summed E-state index contributed by atoms with van der Waals surface area (Å²) >= 11 is 0. The second-order valence-corrected chi connectivity index (χ2v) is 6.08. The van der Waals surface area contributed by atoms with Gasteiger partial charge in [-0.2, -0.15) is 5.10 Å². The van der Waals surface area contributed by atoms with Gasteiger partial charge in [-0.25, -0.2) is 9.50 Å². The van der Waals surface area contributed by atoms with Gasteiger partial charge in [0.25, 0.3) is 0 Å². The van der Waals surface area contributed by atoms with Crippen LogP contribution in [-0.4, -0.2) is 21.7 Å². The van der Waals surface area contributed by atoms with Crippen LogP contribution in [0.2, 0.25) is 0 Å². The molecule has 0 radical (unpaired) electrons. The van der Waals surface area contributed by atoms with E-state index in [4.69, 9.17) is 14.8 Å². The zero-order chi connectivity index (χ0) is 17.4. The first-order chi connectivity index (χ1) is 12.2. The Morgan fingerprint density at radius 2 is 1.64 bits per heavy atom. The summed E-state index contributed by atoms with van der Waals surface area (Å²) in [5.41, 5.74) is 7.05. The fourth-order valence-corrected chi connectivity index (χ4v) is 3.18. The van der Waals surface area contributed by atoms with Gasteiger partial charge < -0.3 is 4.74 Å². The number of hydrogen-bond donors (Lipinski definition) is 0. The van der Waals surface area contributed by atoms with Crippen molar-refractivity contribution in [3.63, 3.8) is 0 Å². The number of rotatable bonds is 3. The minimum atomic E-state index is 0.826. The lowest BCUT2D eigenvalue weighted by Gasteiger charge is -2.08. The summed E-state index contributed by atoms with van der Waals surface area (Å²) in [7, 11) is 1.68. The van der Waals surface area contributed by atoms with Crippen molar-refractivity contribution in [3.05, 3.63) is 72.1 Å². The van der Waals surface area contributed by atoms with Gasteiger partial charge >= 0.3 is 0 Å². The molecule has 4 rings (SSSR count). The quantitative estimate of drug-likeness (QED) is 0.547. The molecule has 0 aliphatic rings. The molecular formula is C21H19N3O. The van der Waals surface area contributed by atoms with Gasteiger partial charge in [-0.1, -0.05) is 42.5 Å².